The molecule has 5 nitrogen and oxygen atoms in total. The third kappa shape index (κ3) is 3.98. The second-order valence-electron chi connectivity index (χ2n) is 6.83. The molecule has 138 valence electrons. The number of carbonyl (C=O) groups is 3. The maximum Gasteiger partial charge on any atom is 0.257 e. The van der Waals surface area contributed by atoms with Crippen molar-refractivity contribution in [3.05, 3.63) is 40.9 Å². The molecule has 6 heteroatoms. The summed E-state index contributed by atoms with van der Waals surface area (Å²) in [6, 6.07) is 5.85. The normalized spacial score (nSPS) is 20.3. The molecule has 1 heterocycles. The number of benzene rings is 1. The predicted octanol–water partition coefficient (Wildman–Crippen LogP) is 3.71. The van der Waals surface area contributed by atoms with Crippen molar-refractivity contribution < 1.29 is 14.4 Å². The van der Waals surface area contributed by atoms with Crippen molar-refractivity contribution in [1.82, 2.24) is 4.90 Å². The molecule has 1 fully saturated rings. The first-order chi connectivity index (χ1) is 12.5. The molecule has 1 aliphatic heterocycles. The molecule has 2 aliphatic rings. The molecule has 1 unspecified atom stereocenters. The number of nitrogens with zero attached hydrogens (tertiary/aromatic N) is 2. The third-order valence-corrected chi connectivity index (χ3v) is 5.30. The van der Waals surface area contributed by atoms with Crippen molar-refractivity contribution >= 4 is 35.0 Å². The minimum atomic E-state index is -0.722. The molecule has 1 aromatic rings. The van der Waals surface area contributed by atoms with Crippen LogP contribution in [0.1, 0.15) is 45.4 Å². The molecule has 3 amide bonds. The fourth-order valence-corrected chi connectivity index (χ4v) is 3.78. The zero-order valence-corrected chi connectivity index (χ0v) is 15.7. The quantitative estimate of drug-likeness (QED) is 0.583. The molecule has 1 saturated heterocycles. The Balaban J connectivity index is 1.74. The van der Waals surface area contributed by atoms with Gasteiger partial charge in [-0.1, -0.05) is 23.3 Å². The van der Waals surface area contributed by atoms with Crippen LogP contribution >= 0.6 is 11.6 Å². The van der Waals surface area contributed by atoms with E-state index in [-0.39, 0.29) is 24.1 Å². The van der Waals surface area contributed by atoms with Crippen molar-refractivity contribution in [2.75, 3.05) is 11.4 Å². The Morgan fingerprint density at radius 2 is 1.96 bits per heavy atom. The van der Waals surface area contributed by atoms with Crippen molar-refractivity contribution in [3.8, 4) is 0 Å². The minimum absolute atomic E-state index is 0.0279. The molecule has 0 N–H and O–H groups in total. The van der Waals surface area contributed by atoms with Gasteiger partial charge in [-0.05, 0) is 56.4 Å². The van der Waals surface area contributed by atoms with E-state index >= 15 is 0 Å². The number of rotatable bonds is 5. The van der Waals surface area contributed by atoms with Gasteiger partial charge in [0.15, 0.2) is 0 Å². The maximum atomic E-state index is 12.9. The number of hydrogen-bond donors (Lipinski definition) is 0. The van der Waals surface area contributed by atoms with Crippen molar-refractivity contribution in [2.24, 2.45) is 0 Å². The van der Waals surface area contributed by atoms with Crippen LogP contribution < -0.4 is 4.90 Å². The zero-order valence-electron chi connectivity index (χ0n) is 14.9. The van der Waals surface area contributed by atoms with Crippen LogP contribution in [0.2, 0.25) is 5.02 Å². The van der Waals surface area contributed by atoms with E-state index < -0.39 is 6.04 Å². The lowest BCUT2D eigenvalue weighted by atomic mass is 9.97. The lowest BCUT2D eigenvalue weighted by Crippen LogP contribution is -2.45. The largest absolute Gasteiger partial charge is 0.330 e. The van der Waals surface area contributed by atoms with Crippen LogP contribution in [0, 0.1) is 0 Å². The van der Waals surface area contributed by atoms with Crippen LogP contribution in [0.4, 0.5) is 5.69 Å². The Morgan fingerprint density at radius 1 is 1.23 bits per heavy atom. The SMILES string of the molecule is CC(=O)N(CCC1=CCCCC1)C1CC(=O)N(c2ccc(Cl)cc2)C1=O. The second kappa shape index (κ2) is 8.04. The summed E-state index contributed by atoms with van der Waals surface area (Å²) in [6.45, 7) is 1.93. The Hall–Kier alpha value is -2.14. The number of anilines is 1. The van der Waals surface area contributed by atoms with Gasteiger partial charge in [0, 0.05) is 18.5 Å². The second-order valence-corrected chi connectivity index (χ2v) is 7.27. The summed E-state index contributed by atoms with van der Waals surface area (Å²) in [6.07, 6.45) is 7.56. The van der Waals surface area contributed by atoms with E-state index in [4.69, 9.17) is 11.6 Å². The molecule has 1 atom stereocenters. The van der Waals surface area contributed by atoms with Crippen molar-refractivity contribution in [1.29, 1.82) is 0 Å². The molecule has 0 radical (unpaired) electrons. The molecular formula is C20H23ClN2O3. The highest BCUT2D eigenvalue weighted by Gasteiger charge is 2.43. The lowest BCUT2D eigenvalue weighted by molar-refractivity contribution is -0.136. The summed E-state index contributed by atoms with van der Waals surface area (Å²) in [7, 11) is 0. The predicted molar refractivity (Wildman–Crippen MR) is 101 cm³/mol. The highest BCUT2D eigenvalue weighted by Crippen LogP contribution is 2.28. The van der Waals surface area contributed by atoms with Crippen LogP contribution in [0.5, 0.6) is 0 Å². The average Bonchev–Trinajstić information content (AvgIpc) is 2.91. The lowest BCUT2D eigenvalue weighted by Gasteiger charge is -2.27. The van der Waals surface area contributed by atoms with E-state index in [9.17, 15) is 14.4 Å². The van der Waals surface area contributed by atoms with Crippen LogP contribution in [-0.4, -0.2) is 35.2 Å². The van der Waals surface area contributed by atoms with E-state index in [1.807, 2.05) is 0 Å². The smallest absolute Gasteiger partial charge is 0.257 e. The van der Waals surface area contributed by atoms with Gasteiger partial charge in [-0.25, -0.2) is 4.90 Å². The van der Waals surface area contributed by atoms with Crippen molar-refractivity contribution in [3.63, 3.8) is 0 Å². The highest BCUT2D eigenvalue weighted by atomic mass is 35.5. The Morgan fingerprint density at radius 3 is 2.58 bits per heavy atom. The van der Waals surface area contributed by atoms with Gasteiger partial charge in [-0.3, -0.25) is 14.4 Å². The summed E-state index contributed by atoms with van der Waals surface area (Å²) >= 11 is 5.88. The molecule has 0 aromatic heterocycles. The van der Waals surface area contributed by atoms with Gasteiger partial charge in [0.05, 0.1) is 12.1 Å². The topological polar surface area (TPSA) is 57.7 Å². The number of carbonyl (C=O) groups excluding carboxylic acids is 3. The van der Waals surface area contributed by atoms with Crippen LogP contribution in [-0.2, 0) is 14.4 Å². The number of allylic oxidation sites excluding steroid dienone is 1. The fraction of sp³-hybridized carbons (Fsp3) is 0.450. The molecule has 0 saturated carbocycles. The summed E-state index contributed by atoms with van der Waals surface area (Å²) in [5, 5.41) is 0.538. The summed E-state index contributed by atoms with van der Waals surface area (Å²) in [4.78, 5) is 40.2. The van der Waals surface area contributed by atoms with Gasteiger partial charge in [-0.2, -0.15) is 0 Å². The first-order valence-electron chi connectivity index (χ1n) is 9.05. The zero-order chi connectivity index (χ0) is 18.7. The summed E-state index contributed by atoms with van der Waals surface area (Å²) in [5.41, 5.74) is 1.83. The number of imide groups is 1. The standard InChI is InChI=1S/C20H23ClN2O3/c1-14(24)22(12-11-15-5-3-2-4-6-15)18-13-19(25)23(20(18)26)17-9-7-16(21)8-10-17/h5,7-10,18H,2-4,6,11-13H2,1H3. The molecule has 1 aliphatic carbocycles. The van der Waals surface area contributed by atoms with Gasteiger partial charge in [0.2, 0.25) is 11.8 Å². The first kappa shape index (κ1) is 18.6. The first-order valence-corrected chi connectivity index (χ1v) is 9.42. The Bertz CT molecular complexity index is 742. The van der Waals surface area contributed by atoms with Gasteiger partial charge in [0.25, 0.3) is 5.91 Å². The summed E-state index contributed by atoms with van der Waals surface area (Å²) in [5.74, 6) is -0.805. The summed E-state index contributed by atoms with van der Waals surface area (Å²) < 4.78 is 0. The van der Waals surface area contributed by atoms with Gasteiger partial charge >= 0.3 is 0 Å². The van der Waals surface area contributed by atoms with Gasteiger partial charge in [0.1, 0.15) is 6.04 Å². The van der Waals surface area contributed by atoms with E-state index in [0.29, 0.717) is 17.3 Å². The molecule has 3 rings (SSSR count). The Labute approximate surface area is 158 Å². The van der Waals surface area contributed by atoms with E-state index in [2.05, 4.69) is 6.08 Å². The monoisotopic (exact) mass is 374 g/mol. The van der Waals surface area contributed by atoms with E-state index in [1.165, 1.54) is 25.3 Å². The molecular weight excluding hydrogens is 352 g/mol. The molecule has 26 heavy (non-hydrogen) atoms. The average molecular weight is 375 g/mol. The van der Waals surface area contributed by atoms with E-state index in [0.717, 1.165) is 24.2 Å². The number of hydrogen-bond acceptors (Lipinski definition) is 3. The van der Waals surface area contributed by atoms with Crippen LogP contribution in [0.25, 0.3) is 0 Å². The van der Waals surface area contributed by atoms with Crippen molar-refractivity contribution in [2.45, 2.75) is 51.5 Å². The fourth-order valence-electron chi connectivity index (χ4n) is 3.65. The Kier molecular flexibility index (Phi) is 5.77. The van der Waals surface area contributed by atoms with Crippen LogP contribution in [0.3, 0.4) is 0 Å². The number of halogens is 1. The van der Waals surface area contributed by atoms with E-state index in [1.54, 1.807) is 29.2 Å². The number of amides is 3. The third-order valence-electron chi connectivity index (χ3n) is 5.05. The van der Waals surface area contributed by atoms with Crippen LogP contribution in [0.15, 0.2) is 35.9 Å². The molecule has 1 aromatic carbocycles. The molecule has 0 spiro atoms. The maximum absolute atomic E-state index is 12.9. The minimum Gasteiger partial charge on any atom is -0.330 e. The highest BCUT2D eigenvalue weighted by molar-refractivity contribution is 6.30. The van der Waals surface area contributed by atoms with Gasteiger partial charge < -0.3 is 4.90 Å². The van der Waals surface area contributed by atoms with Gasteiger partial charge in [-0.15, -0.1) is 0 Å². The molecule has 0 bridgehead atoms.